The third-order valence-corrected chi connectivity index (χ3v) is 7.67. The number of aliphatic hydroxyl groups is 1. The highest BCUT2D eigenvalue weighted by Crippen LogP contribution is 2.63. The molecule has 0 unspecified atom stereocenters. The van der Waals surface area contributed by atoms with E-state index in [9.17, 15) is 19.1 Å². The second-order valence-corrected chi connectivity index (χ2v) is 10.6. The number of halogens is 1. The Kier molecular flexibility index (Phi) is 7.30. The maximum absolute atomic E-state index is 13.7. The summed E-state index contributed by atoms with van der Waals surface area (Å²) in [6.45, 7) is 7.16. The number of carbonyl (C=O) groups is 2. The van der Waals surface area contributed by atoms with Crippen LogP contribution in [0, 0.1) is 22.6 Å². The highest BCUT2D eigenvalue weighted by Gasteiger charge is 2.61. The molecule has 3 N–H and O–H groups in total. The van der Waals surface area contributed by atoms with E-state index in [0.29, 0.717) is 44.4 Å². The van der Waals surface area contributed by atoms with Crippen molar-refractivity contribution in [2.45, 2.75) is 70.9 Å². The number of amides is 2. The number of hydrogen-bond acceptors (Lipinski definition) is 4. The van der Waals surface area contributed by atoms with Crippen molar-refractivity contribution < 1.29 is 23.8 Å². The molecular weight excluding hydrogens is 411 g/mol. The molecule has 6 nitrogen and oxygen atoms in total. The molecule has 0 saturated heterocycles. The van der Waals surface area contributed by atoms with Crippen LogP contribution in [0.5, 0.6) is 0 Å². The summed E-state index contributed by atoms with van der Waals surface area (Å²) in [5, 5.41) is 16.9. The van der Waals surface area contributed by atoms with Crippen LogP contribution in [-0.2, 0) is 9.53 Å². The summed E-state index contributed by atoms with van der Waals surface area (Å²) in [5.74, 6) is -0.624. The standard InChI is InChI=1S/C25H37FN2O4/c1-23(2)16-20(28-22(30)17-6-5-7-18(26)14-17)25(9-8-21(29)27-12-13-32-4)11-10-24(3,31)15-19(23)25/h5-7,14,19-20,31H,8-13,15-16H2,1-4H3,(H,27,29)(H,28,30)/t19-,20-,24+,25+/m0/s1. The average Bonchev–Trinajstić information content (AvgIpc) is 2.92. The fraction of sp³-hybridized carbons (Fsp3) is 0.680. The molecule has 1 aromatic carbocycles. The van der Waals surface area contributed by atoms with Crippen molar-refractivity contribution >= 4 is 11.8 Å². The Balaban J connectivity index is 1.83. The first kappa shape index (κ1) is 24.6. The fourth-order valence-electron chi connectivity index (χ4n) is 6.03. The second kappa shape index (κ2) is 9.48. The van der Waals surface area contributed by atoms with Crippen LogP contribution in [-0.4, -0.2) is 48.8 Å². The number of nitrogens with one attached hydrogen (secondary N) is 2. The van der Waals surface area contributed by atoms with Crippen molar-refractivity contribution in [2.24, 2.45) is 16.7 Å². The average molecular weight is 449 g/mol. The van der Waals surface area contributed by atoms with E-state index in [0.717, 1.165) is 12.8 Å². The van der Waals surface area contributed by atoms with Gasteiger partial charge >= 0.3 is 0 Å². The highest BCUT2D eigenvalue weighted by molar-refractivity contribution is 5.94. The van der Waals surface area contributed by atoms with Crippen LogP contribution in [0.4, 0.5) is 4.39 Å². The number of ether oxygens (including phenoxy) is 1. The molecule has 2 aliphatic carbocycles. The normalized spacial score (nSPS) is 31.1. The van der Waals surface area contributed by atoms with Gasteiger partial charge in [-0.2, -0.15) is 0 Å². The van der Waals surface area contributed by atoms with Crippen molar-refractivity contribution in [1.29, 1.82) is 0 Å². The van der Waals surface area contributed by atoms with Crippen LogP contribution in [0.2, 0.25) is 0 Å². The molecule has 7 heteroatoms. The van der Waals surface area contributed by atoms with Gasteiger partial charge in [0.05, 0.1) is 12.2 Å². The van der Waals surface area contributed by atoms with Crippen LogP contribution < -0.4 is 10.6 Å². The topological polar surface area (TPSA) is 87.7 Å². The Morgan fingerprint density at radius 2 is 1.97 bits per heavy atom. The van der Waals surface area contributed by atoms with E-state index in [1.165, 1.54) is 18.2 Å². The lowest BCUT2D eigenvalue weighted by Crippen LogP contribution is -2.52. The van der Waals surface area contributed by atoms with Crippen LogP contribution in [0.15, 0.2) is 24.3 Å². The number of fused-ring (bicyclic) bond motifs is 1. The van der Waals surface area contributed by atoms with Crippen molar-refractivity contribution in [3.8, 4) is 0 Å². The van der Waals surface area contributed by atoms with Gasteiger partial charge in [0.15, 0.2) is 0 Å². The summed E-state index contributed by atoms with van der Waals surface area (Å²) in [5.41, 5.74) is -0.876. The van der Waals surface area contributed by atoms with Crippen molar-refractivity contribution in [3.05, 3.63) is 35.6 Å². The zero-order chi connectivity index (χ0) is 23.6. The van der Waals surface area contributed by atoms with Gasteiger partial charge in [0.1, 0.15) is 5.82 Å². The first-order chi connectivity index (χ1) is 15.0. The molecule has 4 atom stereocenters. The minimum atomic E-state index is -0.756. The zero-order valence-electron chi connectivity index (χ0n) is 19.7. The summed E-state index contributed by atoms with van der Waals surface area (Å²) in [7, 11) is 1.59. The molecule has 178 valence electrons. The number of rotatable bonds is 8. The monoisotopic (exact) mass is 448 g/mol. The molecule has 3 rings (SSSR count). The van der Waals surface area contributed by atoms with E-state index < -0.39 is 11.4 Å². The lowest BCUT2D eigenvalue weighted by Gasteiger charge is -2.50. The molecule has 1 aromatic rings. The van der Waals surface area contributed by atoms with Crippen LogP contribution in [0.25, 0.3) is 0 Å². The maximum Gasteiger partial charge on any atom is 0.251 e. The first-order valence-corrected chi connectivity index (χ1v) is 11.5. The number of carbonyl (C=O) groups excluding carboxylic acids is 2. The van der Waals surface area contributed by atoms with E-state index in [4.69, 9.17) is 4.74 Å². The molecular formula is C25H37FN2O4. The maximum atomic E-state index is 13.7. The Labute approximate surface area is 190 Å². The number of methoxy groups -OCH3 is 1. The van der Waals surface area contributed by atoms with Gasteiger partial charge in [-0.25, -0.2) is 4.39 Å². The number of hydrogen-bond donors (Lipinski definition) is 3. The van der Waals surface area contributed by atoms with Crippen LogP contribution in [0.3, 0.4) is 0 Å². The molecule has 2 amide bonds. The van der Waals surface area contributed by atoms with Crippen molar-refractivity contribution in [2.75, 3.05) is 20.3 Å². The summed E-state index contributed by atoms with van der Waals surface area (Å²) < 4.78 is 18.7. The quantitative estimate of drug-likeness (QED) is 0.532. The summed E-state index contributed by atoms with van der Waals surface area (Å²) in [6.07, 6.45) is 3.72. The van der Waals surface area contributed by atoms with Crippen LogP contribution >= 0.6 is 0 Å². The lowest BCUT2D eigenvalue weighted by atomic mass is 9.57. The predicted molar refractivity (Wildman–Crippen MR) is 121 cm³/mol. The second-order valence-electron chi connectivity index (χ2n) is 10.6. The third kappa shape index (κ3) is 5.31. The molecule has 0 radical (unpaired) electrons. The molecule has 32 heavy (non-hydrogen) atoms. The lowest BCUT2D eigenvalue weighted by molar-refractivity contribution is -0.123. The van der Waals surface area contributed by atoms with Crippen molar-refractivity contribution in [3.63, 3.8) is 0 Å². The Hall–Kier alpha value is -1.99. The van der Waals surface area contributed by atoms with Gasteiger partial charge in [0.2, 0.25) is 5.91 Å². The molecule has 0 aromatic heterocycles. The van der Waals surface area contributed by atoms with Gasteiger partial charge in [-0.1, -0.05) is 19.9 Å². The smallest absolute Gasteiger partial charge is 0.251 e. The molecule has 0 aliphatic heterocycles. The largest absolute Gasteiger partial charge is 0.390 e. The molecule has 0 spiro atoms. The summed E-state index contributed by atoms with van der Waals surface area (Å²) in [4.78, 5) is 25.5. The van der Waals surface area contributed by atoms with E-state index in [2.05, 4.69) is 24.5 Å². The van der Waals surface area contributed by atoms with Gasteiger partial charge < -0.3 is 20.5 Å². The van der Waals surface area contributed by atoms with E-state index in [1.807, 2.05) is 6.92 Å². The van der Waals surface area contributed by atoms with Crippen molar-refractivity contribution in [1.82, 2.24) is 10.6 Å². The SMILES string of the molecule is COCCNC(=O)CC[C@@]12CC[C@@](C)(O)C[C@H]1C(C)(C)C[C@@H]2NC(=O)c1cccc(F)c1. The van der Waals surface area contributed by atoms with Gasteiger partial charge in [-0.15, -0.1) is 0 Å². The Morgan fingerprint density at radius 1 is 1.22 bits per heavy atom. The first-order valence-electron chi connectivity index (χ1n) is 11.5. The van der Waals surface area contributed by atoms with Gasteiger partial charge in [-0.3, -0.25) is 9.59 Å². The minimum absolute atomic E-state index is 0.0348. The summed E-state index contributed by atoms with van der Waals surface area (Å²) >= 11 is 0. The summed E-state index contributed by atoms with van der Waals surface area (Å²) in [6, 6.07) is 5.55. The van der Waals surface area contributed by atoms with Crippen LogP contribution in [0.1, 0.15) is 69.7 Å². The molecule has 2 fully saturated rings. The van der Waals surface area contributed by atoms with Gasteiger partial charge in [0.25, 0.3) is 5.91 Å². The van der Waals surface area contributed by atoms with Gasteiger partial charge in [0, 0.05) is 31.7 Å². The van der Waals surface area contributed by atoms with E-state index in [1.54, 1.807) is 13.2 Å². The van der Waals surface area contributed by atoms with E-state index >= 15 is 0 Å². The Morgan fingerprint density at radius 3 is 2.66 bits per heavy atom. The molecule has 2 saturated carbocycles. The fourth-order valence-corrected chi connectivity index (χ4v) is 6.03. The Bertz CT molecular complexity index is 841. The number of benzene rings is 1. The third-order valence-electron chi connectivity index (χ3n) is 7.67. The predicted octanol–water partition coefficient (Wildman–Crippen LogP) is 3.43. The van der Waals surface area contributed by atoms with E-state index in [-0.39, 0.29) is 34.6 Å². The molecule has 2 aliphatic rings. The molecule has 0 heterocycles. The zero-order valence-corrected chi connectivity index (χ0v) is 19.7. The minimum Gasteiger partial charge on any atom is -0.390 e. The molecule has 0 bridgehead atoms. The van der Waals surface area contributed by atoms with Gasteiger partial charge in [-0.05, 0) is 74.0 Å². The highest BCUT2D eigenvalue weighted by atomic mass is 19.1.